The largest absolute Gasteiger partial charge is 0.351 e. The van der Waals surface area contributed by atoms with Crippen LogP contribution in [0.4, 0.5) is 4.39 Å². The van der Waals surface area contributed by atoms with Crippen molar-refractivity contribution in [2.75, 3.05) is 0 Å². The van der Waals surface area contributed by atoms with Crippen molar-refractivity contribution < 1.29 is 9.18 Å². The maximum absolute atomic E-state index is 13.5. The van der Waals surface area contributed by atoms with Gasteiger partial charge in [-0.05, 0) is 44.9 Å². The van der Waals surface area contributed by atoms with Crippen molar-refractivity contribution in [1.82, 2.24) is 5.32 Å². The zero-order valence-corrected chi connectivity index (χ0v) is 7.98. The molecule has 0 spiro atoms. The van der Waals surface area contributed by atoms with Gasteiger partial charge in [-0.1, -0.05) is 0 Å². The molecule has 2 aliphatic carbocycles. The number of hydrogen-bond donors (Lipinski definition) is 1. The highest BCUT2D eigenvalue weighted by molar-refractivity contribution is 5.86. The Kier molecular flexibility index (Phi) is 2.05. The van der Waals surface area contributed by atoms with E-state index in [4.69, 9.17) is 0 Å². The quantitative estimate of drug-likeness (QED) is 0.713. The molecule has 0 aliphatic heterocycles. The molecular weight excluding hydrogens is 169 g/mol. The number of hydrogen-bond acceptors (Lipinski definition) is 1. The summed E-state index contributed by atoms with van der Waals surface area (Å²) in [6.45, 7) is 1.97. The fourth-order valence-electron chi connectivity index (χ4n) is 1.76. The van der Waals surface area contributed by atoms with Crippen molar-refractivity contribution in [3.63, 3.8) is 0 Å². The molecule has 0 radical (unpaired) electrons. The van der Waals surface area contributed by atoms with E-state index in [1.165, 1.54) is 12.8 Å². The van der Waals surface area contributed by atoms with E-state index in [1.54, 1.807) is 0 Å². The number of carbonyl (C=O) groups is 1. The summed E-state index contributed by atoms with van der Waals surface area (Å²) in [6.07, 6.45) is 4.04. The van der Waals surface area contributed by atoms with Crippen LogP contribution in [0.15, 0.2) is 0 Å². The van der Waals surface area contributed by atoms with Gasteiger partial charge < -0.3 is 5.32 Å². The van der Waals surface area contributed by atoms with Gasteiger partial charge in [0.15, 0.2) is 5.67 Å². The Labute approximate surface area is 77.9 Å². The highest BCUT2D eigenvalue weighted by atomic mass is 19.1. The molecule has 3 heteroatoms. The molecule has 1 atom stereocenters. The predicted octanol–water partition coefficient (Wildman–Crippen LogP) is 1.79. The Morgan fingerprint density at radius 3 is 2.54 bits per heavy atom. The molecule has 0 aromatic heterocycles. The average molecular weight is 185 g/mol. The Hall–Kier alpha value is -0.600. The van der Waals surface area contributed by atoms with Gasteiger partial charge in [0.1, 0.15) is 0 Å². The minimum absolute atomic E-state index is 0.167. The van der Waals surface area contributed by atoms with Gasteiger partial charge in [-0.15, -0.1) is 0 Å². The van der Waals surface area contributed by atoms with Crippen molar-refractivity contribution in [2.45, 2.75) is 50.7 Å². The number of halogens is 1. The van der Waals surface area contributed by atoms with E-state index in [0.717, 1.165) is 6.42 Å². The average Bonchev–Trinajstić information content (AvgIpc) is 2.81. The van der Waals surface area contributed by atoms with Crippen LogP contribution in [0, 0.1) is 5.92 Å². The van der Waals surface area contributed by atoms with Crippen LogP contribution in [-0.4, -0.2) is 17.6 Å². The van der Waals surface area contributed by atoms with Crippen LogP contribution >= 0.6 is 0 Å². The summed E-state index contributed by atoms with van der Waals surface area (Å²) in [5.74, 6) is 0.228. The van der Waals surface area contributed by atoms with Crippen molar-refractivity contribution in [1.29, 1.82) is 0 Å². The Morgan fingerprint density at radius 2 is 2.15 bits per heavy atom. The molecular formula is C10H16FNO. The molecule has 1 N–H and O–H groups in total. The summed E-state index contributed by atoms with van der Waals surface area (Å²) >= 11 is 0. The van der Waals surface area contributed by atoms with Crippen LogP contribution in [0.25, 0.3) is 0 Å². The van der Waals surface area contributed by atoms with Gasteiger partial charge in [0.25, 0.3) is 5.91 Å². The molecule has 2 rings (SSSR count). The van der Waals surface area contributed by atoms with Crippen LogP contribution in [0.5, 0.6) is 0 Å². The van der Waals surface area contributed by atoms with E-state index in [9.17, 15) is 9.18 Å². The van der Waals surface area contributed by atoms with Gasteiger partial charge in [-0.2, -0.15) is 0 Å². The van der Waals surface area contributed by atoms with Gasteiger partial charge in [-0.25, -0.2) is 4.39 Å². The fourth-order valence-corrected chi connectivity index (χ4v) is 1.76. The van der Waals surface area contributed by atoms with Crippen LogP contribution < -0.4 is 5.32 Å². The standard InChI is InChI=1S/C10H16FNO/c1-7(8-3-4-8)12-9(13)10(11)5-2-6-10/h7-8H,2-6H2,1H3,(H,12,13). The fraction of sp³-hybridized carbons (Fsp3) is 0.900. The first-order valence-corrected chi connectivity index (χ1v) is 5.12. The van der Waals surface area contributed by atoms with Gasteiger partial charge >= 0.3 is 0 Å². The molecule has 2 fully saturated rings. The third-order valence-electron chi connectivity index (χ3n) is 3.24. The molecule has 2 nitrogen and oxygen atoms in total. The van der Waals surface area contributed by atoms with E-state index >= 15 is 0 Å². The van der Waals surface area contributed by atoms with E-state index in [0.29, 0.717) is 18.8 Å². The van der Waals surface area contributed by atoms with E-state index < -0.39 is 5.67 Å². The highest BCUT2D eigenvalue weighted by Gasteiger charge is 2.45. The molecule has 0 aromatic rings. The van der Waals surface area contributed by atoms with Crippen molar-refractivity contribution >= 4 is 5.91 Å². The minimum Gasteiger partial charge on any atom is -0.351 e. The Bertz CT molecular complexity index is 221. The van der Waals surface area contributed by atoms with Crippen LogP contribution in [0.3, 0.4) is 0 Å². The van der Waals surface area contributed by atoms with E-state index in [1.807, 2.05) is 6.92 Å². The lowest BCUT2D eigenvalue weighted by molar-refractivity contribution is -0.139. The molecule has 2 saturated carbocycles. The van der Waals surface area contributed by atoms with Crippen molar-refractivity contribution in [2.24, 2.45) is 5.92 Å². The third-order valence-corrected chi connectivity index (χ3v) is 3.24. The van der Waals surface area contributed by atoms with Gasteiger partial charge in [-0.3, -0.25) is 4.79 Å². The van der Waals surface area contributed by atoms with Crippen molar-refractivity contribution in [3.05, 3.63) is 0 Å². The molecule has 13 heavy (non-hydrogen) atoms. The summed E-state index contributed by atoms with van der Waals surface area (Å²) in [7, 11) is 0. The molecule has 2 aliphatic rings. The lowest BCUT2D eigenvalue weighted by Gasteiger charge is -2.33. The van der Waals surface area contributed by atoms with Gasteiger partial charge in [0.2, 0.25) is 0 Å². The van der Waals surface area contributed by atoms with Gasteiger partial charge in [0.05, 0.1) is 0 Å². The summed E-state index contributed by atoms with van der Waals surface area (Å²) in [5.41, 5.74) is -1.52. The van der Waals surface area contributed by atoms with Crippen molar-refractivity contribution in [3.8, 4) is 0 Å². The number of amides is 1. The SMILES string of the molecule is CC(NC(=O)C1(F)CCC1)C1CC1. The number of alkyl halides is 1. The maximum atomic E-state index is 13.5. The third kappa shape index (κ3) is 1.69. The first-order valence-electron chi connectivity index (χ1n) is 5.12. The topological polar surface area (TPSA) is 29.1 Å². The lowest BCUT2D eigenvalue weighted by atomic mass is 9.81. The minimum atomic E-state index is -1.52. The molecule has 1 unspecified atom stereocenters. The number of rotatable bonds is 3. The first-order chi connectivity index (χ1) is 6.12. The molecule has 0 aromatic carbocycles. The molecule has 0 bridgehead atoms. The van der Waals surface area contributed by atoms with Crippen LogP contribution in [0.2, 0.25) is 0 Å². The highest BCUT2D eigenvalue weighted by Crippen LogP contribution is 2.37. The maximum Gasteiger partial charge on any atom is 0.257 e. The zero-order chi connectivity index (χ0) is 9.47. The second kappa shape index (κ2) is 2.96. The summed E-state index contributed by atoms with van der Waals surface area (Å²) in [5, 5.41) is 2.77. The molecule has 0 heterocycles. The monoisotopic (exact) mass is 185 g/mol. The predicted molar refractivity (Wildman–Crippen MR) is 48.0 cm³/mol. The van der Waals surface area contributed by atoms with Crippen LogP contribution in [-0.2, 0) is 4.79 Å². The van der Waals surface area contributed by atoms with E-state index in [2.05, 4.69) is 5.32 Å². The molecule has 0 saturated heterocycles. The second-order valence-electron chi connectivity index (χ2n) is 4.42. The molecule has 1 amide bonds. The first kappa shape index (κ1) is 8.97. The zero-order valence-electron chi connectivity index (χ0n) is 7.98. The van der Waals surface area contributed by atoms with Gasteiger partial charge in [0, 0.05) is 6.04 Å². The Morgan fingerprint density at radius 1 is 1.54 bits per heavy atom. The lowest BCUT2D eigenvalue weighted by Crippen LogP contribution is -2.51. The summed E-state index contributed by atoms with van der Waals surface area (Å²) < 4.78 is 13.5. The normalized spacial score (nSPS) is 27.5. The summed E-state index contributed by atoms with van der Waals surface area (Å²) in [6, 6.07) is 0.167. The van der Waals surface area contributed by atoms with E-state index in [-0.39, 0.29) is 11.9 Å². The summed E-state index contributed by atoms with van der Waals surface area (Å²) in [4.78, 5) is 11.4. The Balaban J connectivity index is 1.83. The van der Waals surface area contributed by atoms with Crippen LogP contribution in [0.1, 0.15) is 39.0 Å². The molecule has 74 valence electrons. The number of nitrogens with one attached hydrogen (secondary N) is 1. The number of carbonyl (C=O) groups excluding carboxylic acids is 1. The second-order valence-corrected chi connectivity index (χ2v) is 4.42. The smallest absolute Gasteiger partial charge is 0.257 e.